The Hall–Kier alpha value is -3.23. The van der Waals surface area contributed by atoms with Crippen molar-refractivity contribution in [3.8, 4) is 5.75 Å². The first-order valence-electron chi connectivity index (χ1n) is 10.3. The number of ether oxygens (including phenoxy) is 1. The molecule has 33 heavy (non-hydrogen) atoms. The van der Waals surface area contributed by atoms with Gasteiger partial charge in [-0.1, -0.05) is 60.7 Å². The Morgan fingerprint density at radius 3 is 1.97 bits per heavy atom. The zero-order chi connectivity index (χ0) is 23.8. The summed E-state index contributed by atoms with van der Waals surface area (Å²) in [5, 5.41) is 2.54. The number of hydrogen-bond donors (Lipinski definition) is 3. The van der Waals surface area contributed by atoms with Gasteiger partial charge < -0.3 is 4.74 Å². The van der Waals surface area contributed by atoms with Crippen LogP contribution in [0.3, 0.4) is 0 Å². The quantitative estimate of drug-likeness (QED) is 0.321. The van der Waals surface area contributed by atoms with Gasteiger partial charge in [-0.2, -0.15) is 0 Å². The summed E-state index contributed by atoms with van der Waals surface area (Å²) in [5.74, 6) is -0.617. The van der Waals surface area contributed by atoms with Crippen molar-refractivity contribution < 1.29 is 14.3 Å². The van der Waals surface area contributed by atoms with Gasteiger partial charge in [-0.3, -0.25) is 25.8 Å². The molecule has 3 rings (SSSR count). The summed E-state index contributed by atoms with van der Waals surface area (Å²) in [6, 6.07) is 23.9. The summed E-state index contributed by atoms with van der Waals surface area (Å²) < 4.78 is 6.31. The van der Waals surface area contributed by atoms with Crippen LogP contribution in [0, 0.1) is 0 Å². The Labute approximate surface area is 206 Å². The monoisotopic (exact) mass is 525 g/mol. The van der Waals surface area contributed by atoms with Crippen molar-refractivity contribution in [2.75, 3.05) is 0 Å². The van der Waals surface area contributed by atoms with Crippen LogP contribution in [-0.2, 0) is 4.79 Å². The summed E-state index contributed by atoms with van der Waals surface area (Å²) in [6.45, 7) is 3.84. The topological polar surface area (TPSA) is 79.5 Å². The van der Waals surface area contributed by atoms with Crippen molar-refractivity contribution in [1.29, 1.82) is 0 Å². The number of nitrogens with one attached hydrogen (secondary N) is 3. The third-order valence-electron chi connectivity index (χ3n) is 4.61. The Morgan fingerprint density at radius 2 is 1.45 bits per heavy atom. The van der Waals surface area contributed by atoms with Gasteiger partial charge >= 0.3 is 0 Å². The van der Waals surface area contributed by atoms with Gasteiger partial charge in [0.15, 0.2) is 5.11 Å². The summed E-state index contributed by atoms with van der Waals surface area (Å²) in [6.07, 6.45) is 0.0111. The van der Waals surface area contributed by atoms with Crippen LogP contribution in [0.15, 0.2) is 83.3 Å². The van der Waals surface area contributed by atoms with Crippen LogP contribution in [-0.4, -0.2) is 23.0 Å². The van der Waals surface area contributed by atoms with E-state index >= 15 is 0 Å². The summed E-state index contributed by atoms with van der Waals surface area (Å²) >= 11 is 8.60. The molecule has 3 aromatic carbocycles. The molecule has 0 heterocycles. The molecule has 8 heteroatoms. The van der Waals surface area contributed by atoms with E-state index in [1.165, 1.54) is 0 Å². The first-order chi connectivity index (χ1) is 15.8. The third-order valence-corrected chi connectivity index (χ3v) is 5.43. The van der Waals surface area contributed by atoms with Crippen molar-refractivity contribution in [2.24, 2.45) is 0 Å². The Morgan fingerprint density at radius 1 is 0.879 bits per heavy atom. The van der Waals surface area contributed by atoms with Crippen LogP contribution in [0.5, 0.6) is 5.75 Å². The molecule has 0 saturated heterocycles. The van der Waals surface area contributed by atoms with Gasteiger partial charge in [-0.15, -0.1) is 0 Å². The van der Waals surface area contributed by atoms with Crippen LogP contribution in [0.25, 0.3) is 0 Å². The molecule has 0 unspecified atom stereocenters. The Bertz CT molecular complexity index is 1080. The lowest BCUT2D eigenvalue weighted by Gasteiger charge is -2.19. The number of thiocarbonyl (C=S) groups is 1. The van der Waals surface area contributed by atoms with E-state index in [2.05, 4.69) is 32.1 Å². The van der Waals surface area contributed by atoms with Gasteiger partial charge in [0.05, 0.1) is 16.5 Å². The average molecular weight is 526 g/mol. The second kappa shape index (κ2) is 11.6. The number of rotatable bonds is 6. The molecule has 0 spiro atoms. The maximum absolute atomic E-state index is 13.0. The van der Waals surface area contributed by atoms with Crippen LogP contribution in [0.4, 0.5) is 0 Å². The number of halogens is 1. The molecule has 6 nitrogen and oxygen atoms in total. The van der Waals surface area contributed by atoms with Crippen molar-refractivity contribution >= 4 is 45.1 Å². The third kappa shape index (κ3) is 6.87. The van der Waals surface area contributed by atoms with E-state index in [0.29, 0.717) is 15.8 Å². The van der Waals surface area contributed by atoms with Crippen molar-refractivity contribution in [2.45, 2.75) is 25.9 Å². The first-order valence-corrected chi connectivity index (χ1v) is 11.5. The maximum atomic E-state index is 13.0. The largest absolute Gasteiger partial charge is 0.490 e. The lowest BCUT2D eigenvalue weighted by atomic mass is 9.91. The predicted octanol–water partition coefficient (Wildman–Crippen LogP) is 4.70. The van der Waals surface area contributed by atoms with E-state index in [9.17, 15) is 9.59 Å². The van der Waals surface area contributed by atoms with Crippen LogP contribution < -0.4 is 20.9 Å². The first kappa shape index (κ1) is 24.4. The lowest BCUT2D eigenvalue weighted by molar-refractivity contribution is -0.122. The van der Waals surface area contributed by atoms with Crippen LogP contribution >= 0.6 is 28.1 Å². The van der Waals surface area contributed by atoms with Gasteiger partial charge in [0, 0.05) is 5.56 Å². The molecule has 3 aromatic rings. The highest BCUT2D eigenvalue weighted by Crippen LogP contribution is 2.27. The zero-order valence-corrected chi connectivity index (χ0v) is 20.6. The second-order valence-corrected chi connectivity index (χ2v) is 8.73. The fraction of sp³-hybridized carbons (Fsp3) is 0.160. The maximum Gasteiger partial charge on any atom is 0.257 e. The van der Waals surface area contributed by atoms with E-state index in [-0.39, 0.29) is 17.1 Å². The van der Waals surface area contributed by atoms with Gasteiger partial charge in [-0.05, 0) is 71.3 Å². The van der Waals surface area contributed by atoms with Gasteiger partial charge in [-0.25, -0.2) is 0 Å². The second-order valence-electron chi connectivity index (χ2n) is 7.46. The van der Waals surface area contributed by atoms with Crippen molar-refractivity contribution in [1.82, 2.24) is 16.2 Å². The van der Waals surface area contributed by atoms with Gasteiger partial charge in [0.1, 0.15) is 5.75 Å². The zero-order valence-electron chi connectivity index (χ0n) is 18.2. The number of amides is 2. The molecule has 0 bridgehead atoms. The highest BCUT2D eigenvalue weighted by molar-refractivity contribution is 9.10. The smallest absolute Gasteiger partial charge is 0.257 e. The van der Waals surface area contributed by atoms with E-state index in [1.54, 1.807) is 18.2 Å². The summed E-state index contributed by atoms with van der Waals surface area (Å²) in [4.78, 5) is 25.6. The standard InChI is InChI=1S/C25H24BrN3O3S/c1-16(2)32-21-14-13-19(15-20(21)26)23(30)27-25(33)29-28-24(31)22(17-9-5-3-6-10-17)18-11-7-4-8-12-18/h3-16,22H,1-2H3,(H,28,31)(H2,27,29,30,33). The van der Waals surface area contributed by atoms with Gasteiger partial charge in [0.2, 0.25) is 5.91 Å². The van der Waals surface area contributed by atoms with E-state index < -0.39 is 11.8 Å². The summed E-state index contributed by atoms with van der Waals surface area (Å²) in [5.41, 5.74) is 7.29. The molecular weight excluding hydrogens is 502 g/mol. The molecule has 0 aliphatic carbocycles. The SMILES string of the molecule is CC(C)Oc1ccc(C(=O)NC(=S)NNC(=O)C(c2ccccc2)c2ccccc2)cc1Br. The van der Waals surface area contributed by atoms with E-state index in [0.717, 1.165) is 11.1 Å². The fourth-order valence-corrected chi connectivity index (χ4v) is 3.79. The van der Waals surface area contributed by atoms with Crippen LogP contribution in [0.2, 0.25) is 0 Å². The van der Waals surface area contributed by atoms with E-state index in [4.69, 9.17) is 17.0 Å². The normalized spacial score (nSPS) is 10.6. The fourth-order valence-electron chi connectivity index (χ4n) is 3.17. The Balaban J connectivity index is 1.63. The molecule has 0 atom stereocenters. The molecule has 0 fully saturated rings. The molecular formula is C25H24BrN3O3S. The number of hydrogen-bond acceptors (Lipinski definition) is 4. The molecule has 0 aromatic heterocycles. The minimum Gasteiger partial charge on any atom is -0.490 e. The van der Waals surface area contributed by atoms with Crippen LogP contribution in [0.1, 0.15) is 41.3 Å². The minimum absolute atomic E-state index is 0.0111. The lowest BCUT2D eigenvalue weighted by Crippen LogP contribution is -2.49. The Kier molecular flexibility index (Phi) is 8.57. The predicted molar refractivity (Wildman–Crippen MR) is 136 cm³/mol. The highest BCUT2D eigenvalue weighted by Gasteiger charge is 2.22. The number of hydrazine groups is 1. The number of benzene rings is 3. The molecule has 0 aliphatic heterocycles. The van der Waals surface area contributed by atoms with Gasteiger partial charge in [0.25, 0.3) is 5.91 Å². The number of carbonyl (C=O) groups excluding carboxylic acids is 2. The minimum atomic E-state index is -0.539. The van der Waals surface area contributed by atoms with Crippen molar-refractivity contribution in [3.63, 3.8) is 0 Å². The molecule has 3 N–H and O–H groups in total. The molecule has 0 aliphatic rings. The van der Waals surface area contributed by atoms with E-state index in [1.807, 2.05) is 74.5 Å². The average Bonchev–Trinajstić information content (AvgIpc) is 2.80. The van der Waals surface area contributed by atoms with Crippen molar-refractivity contribution in [3.05, 3.63) is 100 Å². The summed E-state index contributed by atoms with van der Waals surface area (Å²) in [7, 11) is 0. The highest BCUT2D eigenvalue weighted by atomic mass is 79.9. The molecule has 2 amide bonds. The molecule has 0 saturated carbocycles. The molecule has 0 radical (unpaired) electrons. The number of carbonyl (C=O) groups is 2. The molecule has 170 valence electrons.